The van der Waals surface area contributed by atoms with Crippen molar-refractivity contribution in [3.8, 4) is 5.75 Å². The van der Waals surface area contributed by atoms with E-state index in [0.717, 1.165) is 24.2 Å². The summed E-state index contributed by atoms with van der Waals surface area (Å²) in [6, 6.07) is 8.00. The highest BCUT2D eigenvalue weighted by Gasteiger charge is 2.22. The van der Waals surface area contributed by atoms with Crippen LogP contribution in [0.15, 0.2) is 24.3 Å². The van der Waals surface area contributed by atoms with Gasteiger partial charge in [0.2, 0.25) is 0 Å². The van der Waals surface area contributed by atoms with E-state index in [1.54, 1.807) is 7.11 Å². The van der Waals surface area contributed by atoms with Crippen LogP contribution in [0.5, 0.6) is 5.75 Å². The van der Waals surface area contributed by atoms with Gasteiger partial charge in [-0.15, -0.1) is 0 Å². The Bertz CT molecular complexity index is 392. The van der Waals surface area contributed by atoms with E-state index in [4.69, 9.17) is 15.2 Å². The molecule has 2 N–H and O–H groups in total. The lowest BCUT2D eigenvalue weighted by molar-refractivity contribution is -0.0271. The molecule has 0 saturated heterocycles. The Kier molecular flexibility index (Phi) is 7.03. The molecule has 114 valence electrons. The maximum absolute atomic E-state index is 6.25. The van der Waals surface area contributed by atoms with Crippen LogP contribution >= 0.6 is 0 Å². The monoisotopic (exact) mass is 279 g/mol. The molecule has 0 saturated carbocycles. The van der Waals surface area contributed by atoms with Gasteiger partial charge in [0.25, 0.3) is 0 Å². The Morgan fingerprint density at radius 3 is 2.45 bits per heavy atom. The number of ether oxygens (including phenoxy) is 2. The van der Waals surface area contributed by atoms with Gasteiger partial charge in [-0.05, 0) is 43.4 Å². The van der Waals surface area contributed by atoms with Crippen LogP contribution in [0.2, 0.25) is 0 Å². The van der Waals surface area contributed by atoms with Crippen LogP contribution in [0, 0.1) is 5.92 Å². The Balaban J connectivity index is 2.88. The molecule has 3 unspecified atom stereocenters. The lowest BCUT2D eigenvalue weighted by atomic mass is 9.99. The van der Waals surface area contributed by atoms with Crippen molar-refractivity contribution in [2.24, 2.45) is 11.7 Å². The summed E-state index contributed by atoms with van der Waals surface area (Å²) in [5.74, 6) is 1.46. The van der Waals surface area contributed by atoms with Crippen molar-refractivity contribution >= 4 is 0 Å². The van der Waals surface area contributed by atoms with Crippen LogP contribution in [0.25, 0.3) is 0 Å². The molecule has 0 heterocycles. The van der Waals surface area contributed by atoms with Gasteiger partial charge in [0, 0.05) is 6.04 Å². The Morgan fingerprint density at radius 2 is 1.90 bits per heavy atom. The Hall–Kier alpha value is -1.06. The van der Waals surface area contributed by atoms with Crippen molar-refractivity contribution in [3.63, 3.8) is 0 Å². The van der Waals surface area contributed by atoms with E-state index in [1.807, 2.05) is 18.2 Å². The van der Waals surface area contributed by atoms with E-state index in [1.165, 1.54) is 0 Å². The van der Waals surface area contributed by atoms with Gasteiger partial charge in [-0.25, -0.2) is 0 Å². The van der Waals surface area contributed by atoms with Crippen LogP contribution in [0.4, 0.5) is 0 Å². The van der Waals surface area contributed by atoms with Gasteiger partial charge in [-0.3, -0.25) is 0 Å². The Morgan fingerprint density at radius 1 is 1.20 bits per heavy atom. The van der Waals surface area contributed by atoms with Gasteiger partial charge in [0.15, 0.2) is 0 Å². The first-order chi connectivity index (χ1) is 9.47. The maximum Gasteiger partial charge on any atom is 0.119 e. The highest BCUT2D eigenvalue weighted by molar-refractivity contribution is 5.30. The Labute approximate surface area is 123 Å². The molecule has 0 spiro atoms. The minimum Gasteiger partial charge on any atom is -0.497 e. The number of benzene rings is 1. The standard InChI is InChI=1S/C17H29NO2/c1-6-16(18)17(20-13(4)10-12(2)3)14-8-7-9-15(11-14)19-5/h7-9,11-13,16-17H,6,10,18H2,1-5H3. The third-order valence-electron chi connectivity index (χ3n) is 3.46. The second-order valence-corrected chi connectivity index (χ2v) is 5.85. The van der Waals surface area contributed by atoms with Gasteiger partial charge in [-0.2, -0.15) is 0 Å². The number of methoxy groups -OCH3 is 1. The molecular formula is C17H29NO2. The van der Waals surface area contributed by atoms with Gasteiger partial charge in [0.05, 0.1) is 19.3 Å². The zero-order chi connectivity index (χ0) is 15.1. The molecule has 3 heteroatoms. The van der Waals surface area contributed by atoms with E-state index in [2.05, 4.69) is 33.8 Å². The fourth-order valence-electron chi connectivity index (χ4n) is 2.43. The van der Waals surface area contributed by atoms with Gasteiger partial charge in [0.1, 0.15) is 5.75 Å². The van der Waals surface area contributed by atoms with E-state index < -0.39 is 0 Å². The average molecular weight is 279 g/mol. The first-order valence-electron chi connectivity index (χ1n) is 7.52. The third-order valence-corrected chi connectivity index (χ3v) is 3.46. The largest absolute Gasteiger partial charge is 0.497 e. The first kappa shape index (κ1) is 17.0. The van der Waals surface area contributed by atoms with E-state index in [-0.39, 0.29) is 18.2 Å². The minimum absolute atomic E-state index is 0.00304. The highest BCUT2D eigenvalue weighted by Crippen LogP contribution is 2.28. The molecule has 3 atom stereocenters. The van der Waals surface area contributed by atoms with Crippen LogP contribution in [0.1, 0.15) is 52.2 Å². The van der Waals surface area contributed by atoms with E-state index in [0.29, 0.717) is 5.92 Å². The molecule has 0 aliphatic rings. The summed E-state index contributed by atoms with van der Waals surface area (Å²) in [5.41, 5.74) is 7.35. The zero-order valence-corrected chi connectivity index (χ0v) is 13.4. The predicted octanol–water partition coefficient (Wildman–Crippen LogP) is 3.92. The molecule has 0 amide bonds. The van der Waals surface area contributed by atoms with Crippen molar-refractivity contribution in [2.75, 3.05) is 7.11 Å². The van der Waals surface area contributed by atoms with Crippen LogP contribution in [-0.4, -0.2) is 19.3 Å². The third kappa shape index (κ3) is 5.14. The van der Waals surface area contributed by atoms with E-state index in [9.17, 15) is 0 Å². The predicted molar refractivity (Wildman–Crippen MR) is 84.0 cm³/mol. The number of hydrogen-bond acceptors (Lipinski definition) is 3. The second kappa shape index (κ2) is 8.28. The van der Waals surface area contributed by atoms with Crippen LogP contribution in [0.3, 0.4) is 0 Å². The summed E-state index contributed by atoms with van der Waals surface area (Å²) in [6.07, 6.45) is 2.04. The summed E-state index contributed by atoms with van der Waals surface area (Å²) >= 11 is 0. The van der Waals surface area contributed by atoms with Crippen molar-refractivity contribution in [1.82, 2.24) is 0 Å². The van der Waals surface area contributed by atoms with E-state index >= 15 is 0 Å². The molecule has 0 fully saturated rings. The molecule has 1 rings (SSSR count). The van der Waals surface area contributed by atoms with Crippen molar-refractivity contribution in [3.05, 3.63) is 29.8 Å². The smallest absolute Gasteiger partial charge is 0.119 e. The molecule has 0 aromatic heterocycles. The number of rotatable bonds is 8. The normalized spacial score (nSPS) is 15.9. The lowest BCUT2D eigenvalue weighted by Gasteiger charge is -2.28. The lowest BCUT2D eigenvalue weighted by Crippen LogP contribution is -2.32. The fraction of sp³-hybridized carbons (Fsp3) is 0.647. The topological polar surface area (TPSA) is 44.5 Å². The van der Waals surface area contributed by atoms with Crippen molar-refractivity contribution < 1.29 is 9.47 Å². The van der Waals surface area contributed by atoms with Crippen molar-refractivity contribution in [1.29, 1.82) is 0 Å². The summed E-state index contributed by atoms with van der Waals surface area (Å²) in [6.45, 7) is 8.63. The van der Waals surface area contributed by atoms with Crippen LogP contribution in [-0.2, 0) is 4.74 Å². The molecule has 1 aromatic rings. The molecule has 0 aliphatic carbocycles. The fourth-order valence-corrected chi connectivity index (χ4v) is 2.43. The van der Waals surface area contributed by atoms with Crippen LogP contribution < -0.4 is 10.5 Å². The SMILES string of the molecule is CCC(N)C(OC(C)CC(C)C)c1cccc(OC)c1. The maximum atomic E-state index is 6.25. The first-order valence-corrected chi connectivity index (χ1v) is 7.52. The molecule has 20 heavy (non-hydrogen) atoms. The summed E-state index contributed by atoms with van der Waals surface area (Å²) in [5, 5.41) is 0. The second-order valence-electron chi connectivity index (χ2n) is 5.85. The van der Waals surface area contributed by atoms with Gasteiger partial charge >= 0.3 is 0 Å². The summed E-state index contributed by atoms with van der Waals surface area (Å²) in [4.78, 5) is 0. The molecule has 0 radical (unpaired) electrons. The zero-order valence-electron chi connectivity index (χ0n) is 13.4. The molecule has 0 bridgehead atoms. The molecule has 1 aromatic carbocycles. The van der Waals surface area contributed by atoms with Crippen molar-refractivity contribution in [2.45, 2.75) is 58.8 Å². The molecular weight excluding hydrogens is 250 g/mol. The minimum atomic E-state index is -0.0798. The van der Waals surface area contributed by atoms with Gasteiger partial charge < -0.3 is 15.2 Å². The molecule has 0 aliphatic heterocycles. The van der Waals surface area contributed by atoms with Gasteiger partial charge in [-0.1, -0.05) is 32.9 Å². The number of nitrogens with two attached hydrogens (primary N) is 1. The number of hydrogen-bond donors (Lipinski definition) is 1. The molecule has 3 nitrogen and oxygen atoms in total. The average Bonchev–Trinajstić information content (AvgIpc) is 2.43. The summed E-state index contributed by atoms with van der Waals surface area (Å²) < 4.78 is 11.5. The highest BCUT2D eigenvalue weighted by atomic mass is 16.5. The summed E-state index contributed by atoms with van der Waals surface area (Å²) in [7, 11) is 1.68. The quantitative estimate of drug-likeness (QED) is 0.784.